The molecule has 0 fully saturated rings. The summed E-state index contributed by atoms with van der Waals surface area (Å²) in [6, 6.07) is 88.3. The fourth-order valence-corrected chi connectivity index (χ4v) is 16.0. The number of aryl methyl sites for hydroxylation is 8. The van der Waals surface area contributed by atoms with Gasteiger partial charge in [-0.3, -0.25) is 0 Å². The smallest absolute Gasteiger partial charge is 0.160 e. The van der Waals surface area contributed by atoms with Crippen molar-refractivity contribution in [3.05, 3.63) is 281 Å². The fourth-order valence-electron chi connectivity index (χ4n) is 15.0. The summed E-state index contributed by atoms with van der Waals surface area (Å²) in [5.74, 6) is 0.620. The number of fused-ring (bicyclic) bond motifs is 13. The number of thiazole rings is 1. The number of para-hydroxylation sites is 1. The summed E-state index contributed by atoms with van der Waals surface area (Å²) in [7, 11) is 0. The van der Waals surface area contributed by atoms with Crippen LogP contribution in [-0.4, -0.2) is 33.2 Å². The van der Waals surface area contributed by atoms with Crippen LogP contribution in [0.25, 0.3) is 165 Å². The molecule has 0 atom stereocenters. The minimum absolute atomic E-state index is 0.620. The second-order valence-corrected chi connectivity index (χ2v) is 26.9. The first kappa shape index (κ1) is 54.7. The van der Waals surface area contributed by atoms with E-state index in [1.165, 1.54) is 87.6 Å². The van der Waals surface area contributed by atoms with Crippen molar-refractivity contribution in [2.45, 2.75) is 55.4 Å². The van der Waals surface area contributed by atoms with Gasteiger partial charge in [0.1, 0.15) is 5.01 Å². The van der Waals surface area contributed by atoms with E-state index in [1.807, 2.05) is 0 Å². The Labute approximate surface area is 542 Å². The Morgan fingerprint density at radius 2 is 0.548 bits per heavy atom. The molecule has 0 saturated heterocycles. The van der Waals surface area contributed by atoms with Gasteiger partial charge >= 0.3 is 0 Å². The zero-order valence-electron chi connectivity index (χ0n) is 53.1. The Morgan fingerprint density at radius 1 is 0.258 bits per heavy atom. The lowest BCUT2D eigenvalue weighted by atomic mass is 9.94. The summed E-state index contributed by atoms with van der Waals surface area (Å²) in [6.07, 6.45) is 0. The second-order valence-electron chi connectivity index (χ2n) is 25.8. The molecule has 0 radical (unpaired) electrons. The third-order valence-corrected chi connectivity index (χ3v) is 20.2. The standard InChI is InChI=1S/C85H63N7S/c1-48-23-31-69-58(39-48)59-40-49(2)24-32-70(59)89(69)80-78(68-47-67(56-17-11-9-12-18-56)86-84(87-68)57-19-13-10-14-20-57)81(90-71-33-25-50(3)41-60(71)61-42-51(4)26-34-72(61)90)83(92-75-37-29-54(7)45-64(75)65-46-55(8)30-38-76(65)92)79(85-88-66-21-15-16-22-77(66)93-85)82(80)91-73-35-27-52(5)43-62(73)63-44-53(6)28-36-74(63)91/h9-47H,1-8H3. The quantitative estimate of drug-likeness (QED) is 0.152. The Bertz CT molecular complexity index is 5600. The molecular formula is C85H63N7S. The van der Waals surface area contributed by atoms with Crippen LogP contribution in [0.2, 0.25) is 0 Å². The Kier molecular flexibility index (Phi) is 12.2. The van der Waals surface area contributed by atoms with Gasteiger partial charge < -0.3 is 18.3 Å². The summed E-state index contributed by atoms with van der Waals surface area (Å²) in [4.78, 5) is 17.7. The van der Waals surface area contributed by atoms with E-state index in [2.05, 4.69) is 310 Å². The van der Waals surface area contributed by atoms with Crippen LogP contribution in [0.5, 0.6) is 0 Å². The van der Waals surface area contributed by atoms with Crippen molar-refractivity contribution in [1.82, 2.24) is 33.2 Å². The molecule has 8 heteroatoms. The van der Waals surface area contributed by atoms with Crippen molar-refractivity contribution >= 4 is 109 Å². The molecule has 0 saturated carbocycles. The summed E-state index contributed by atoms with van der Waals surface area (Å²) in [5, 5.41) is 10.2. The number of benzene rings is 12. The van der Waals surface area contributed by atoms with Crippen molar-refractivity contribution in [3.8, 4) is 67.2 Å². The zero-order chi connectivity index (χ0) is 62.7. The van der Waals surface area contributed by atoms with Gasteiger partial charge in [-0.2, -0.15) is 0 Å². The molecule has 444 valence electrons. The van der Waals surface area contributed by atoms with Gasteiger partial charge in [0.15, 0.2) is 5.82 Å². The van der Waals surface area contributed by atoms with Gasteiger partial charge in [-0.1, -0.05) is 166 Å². The lowest BCUT2D eigenvalue weighted by molar-refractivity contribution is 1.04. The largest absolute Gasteiger partial charge is 0.306 e. The molecular weight excluding hydrogens is 1150 g/mol. The number of nitrogens with zero attached hydrogens (tertiary/aromatic N) is 7. The van der Waals surface area contributed by atoms with Gasteiger partial charge in [-0.05, 0) is 171 Å². The number of rotatable bonds is 8. The first-order chi connectivity index (χ1) is 45.4. The summed E-state index contributed by atoms with van der Waals surface area (Å²) < 4.78 is 11.5. The van der Waals surface area contributed by atoms with Crippen molar-refractivity contribution < 1.29 is 0 Å². The molecule has 12 aromatic carbocycles. The molecule has 18 rings (SSSR count). The SMILES string of the molecule is Cc1ccc2c(c1)c1cc(C)ccc1n2-c1c(-c2cc(-c3ccccc3)nc(-c3ccccc3)n2)c(-n2c3ccc(C)cc3c3cc(C)ccc32)c(-n2c3ccc(C)cc3c3cc(C)ccc32)c(-c2nc3ccccc3s2)c1-n1c2ccc(C)cc2c2cc(C)ccc21. The summed E-state index contributed by atoms with van der Waals surface area (Å²) >= 11 is 1.76. The van der Waals surface area contributed by atoms with Gasteiger partial charge in [0.2, 0.25) is 0 Å². The molecule has 6 heterocycles. The zero-order valence-corrected chi connectivity index (χ0v) is 53.9. The van der Waals surface area contributed by atoms with E-state index in [0.717, 1.165) is 116 Å². The topological polar surface area (TPSA) is 58.4 Å². The van der Waals surface area contributed by atoms with Gasteiger partial charge in [-0.15, -0.1) is 11.3 Å². The van der Waals surface area contributed by atoms with Crippen LogP contribution in [0.4, 0.5) is 0 Å². The van der Waals surface area contributed by atoms with Crippen LogP contribution in [0.1, 0.15) is 44.5 Å². The van der Waals surface area contributed by atoms with Gasteiger partial charge in [0, 0.05) is 54.2 Å². The maximum absolute atomic E-state index is 6.13. The van der Waals surface area contributed by atoms with Gasteiger partial charge in [0.25, 0.3) is 0 Å². The van der Waals surface area contributed by atoms with Crippen molar-refractivity contribution in [3.63, 3.8) is 0 Å². The van der Waals surface area contributed by atoms with E-state index in [9.17, 15) is 0 Å². The van der Waals surface area contributed by atoms with Crippen molar-refractivity contribution in [1.29, 1.82) is 0 Å². The lowest BCUT2D eigenvalue weighted by Gasteiger charge is -2.30. The Balaban J connectivity index is 1.24. The second kappa shape index (κ2) is 20.7. The first-order valence-corrected chi connectivity index (χ1v) is 32.9. The number of aromatic nitrogens is 7. The van der Waals surface area contributed by atoms with E-state index in [4.69, 9.17) is 15.0 Å². The van der Waals surface area contributed by atoms with Gasteiger partial charge in [-0.25, -0.2) is 15.0 Å². The van der Waals surface area contributed by atoms with Crippen LogP contribution in [0.3, 0.4) is 0 Å². The van der Waals surface area contributed by atoms with E-state index < -0.39 is 0 Å². The van der Waals surface area contributed by atoms with Crippen molar-refractivity contribution in [2.75, 3.05) is 0 Å². The molecule has 0 N–H and O–H groups in total. The van der Waals surface area contributed by atoms with Crippen LogP contribution < -0.4 is 0 Å². The van der Waals surface area contributed by atoms with Gasteiger partial charge in [0.05, 0.1) is 99.6 Å². The summed E-state index contributed by atoms with van der Waals surface area (Å²) in [5.41, 5.74) is 28.3. The van der Waals surface area contributed by atoms with E-state index in [0.29, 0.717) is 5.82 Å². The third kappa shape index (κ3) is 8.44. The maximum atomic E-state index is 6.13. The first-order valence-electron chi connectivity index (χ1n) is 32.1. The minimum Gasteiger partial charge on any atom is -0.306 e. The molecule has 0 aliphatic heterocycles. The summed E-state index contributed by atoms with van der Waals surface area (Å²) in [6.45, 7) is 17.7. The average molecular weight is 1210 g/mol. The third-order valence-electron chi connectivity index (χ3n) is 19.2. The van der Waals surface area contributed by atoms with E-state index in [1.54, 1.807) is 11.3 Å². The highest BCUT2D eigenvalue weighted by molar-refractivity contribution is 7.21. The maximum Gasteiger partial charge on any atom is 0.160 e. The highest BCUT2D eigenvalue weighted by Gasteiger charge is 2.37. The fraction of sp³-hybridized carbons (Fsp3) is 0.0941. The highest BCUT2D eigenvalue weighted by atomic mass is 32.1. The lowest BCUT2D eigenvalue weighted by Crippen LogP contribution is -2.16. The van der Waals surface area contributed by atoms with Crippen LogP contribution in [0, 0.1) is 55.4 Å². The Hall–Kier alpha value is -11.2. The molecule has 18 aromatic rings. The number of hydrogen-bond donors (Lipinski definition) is 0. The van der Waals surface area contributed by atoms with Crippen LogP contribution in [0.15, 0.2) is 237 Å². The van der Waals surface area contributed by atoms with E-state index in [-0.39, 0.29) is 0 Å². The predicted octanol–water partition coefficient (Wildman–Crippen LogP) is 22.6. The molecule has 0 aliphatic carbocycles. The molecule has 0 unspecified atom stereocenters. The molecule has 7 nitrogen and oxygen atoms in total. The predicted molar refractivity (Wildman–Crippen MR) is 392 cm³/mol. The Morgan fingerprint density at radius 3 is 0.882 bits per heavy atom. The van der Waals surface area contributed by atoms with Crippen LogP contribution >= 0.6 is 11.3 Å². The molecule has 0 amide bonds. The average Bonchev–Trinajstić information content (AvgIpc) is 1.61. The molecule has 0 aliphatic rings. The van der Waals surface area contributed by atoms with Crippen molar-refractivity contribution in [2.24, 2.45) is 0 Å². The van der Waals surface area contributed by atoms with Crippen LogP contribution in [-0.2, 0) is 0 Å². The number of hydrogen-bond acceptors (Lipinski definition) is 4. The molecule has 0 bridgehead atoms. The molecule has 0 spiro atoms. The van der Waals surface area contributed by atoms with E-state index >= 15 is 0 Å². The monoisotopic (exact) mass is 1210 g/mol. The normalized spacial score (nSPS) is 12.1. The minimum atomic E-state index is 0.620. The molecule has 93 heavy (non-hydrogen) atoms. The highest BCUT2D eigenvalue weighted by Crippen LogP contribution is 2.56. The molecule has 6 aromatic heterocycles.